The average molecular weight is 224 g/mol. The monoisotopic (exact) mass is 223 g/mol. The summed E-state index contributed by atoms with van der Waals surface area (Å²) in [6.45, 7) is 0. The summed E-state index contributed by atoms with van der Waals surface area (Å²) < 4.78 is 0. The Morgan fingerprint density at radius 3 is 2.67 bits per heavy atom. The topological polar surface area (TPSA) is 46.2 Å². The van der Waals surface area contributed by atoms with Crippen LogP contribution < -0.4 is 5.32 Å². The molecule has 1 fully saturated rings. The van der Waals surface area contributed by atoms with Gasteiger partial charge >= 0.3 is 0 Å². The van der Waals surface area contributed by atoms with Crippen molar-refractivity contribution < 1.29 is 9.59 Å². The molecule has 0 radical (unpaired) electrons. The number of amides is 1. The number of hydrogen-bond donors (Lipinski definition) is 1. The molecule has 0 aromatic heterocycles. The quantitative estimate of drug-likeness (QED) is 0.739. The highest BCUT2D eigenvalue weighted by molar-refractivity contribution is 6.31. The molecule has 1 atom stereocenters. The zero-order chi connectivity index (χ0) is 10.8. The number of hydrogen-bond acceptors (Lipinski definition) is 2. The fourth-order valence-electron chi connectivity index (χ4n) is 1.72. The van der Waals surface area contributed by atoms with E-state index in [1.165, 1.54) is 0 Å². The van der Waals surface area contributed by atoms with Gasteiger partial charge in [0.25, 0.3) is 0 Å². The van der Waals surface area contributed by atoms with Crippen molar-refractivity contribution in [1.82, 2.24) is 5.32 Å². The normalized spacial score (nSPS) is 21.3. The SMILES string of the molecule is O=C1CC(=O)NC(c2ccccc2Cl)C1. The van der Waals surface area contributed by atoms with Gasteiger partial charge in [-0.05, 0) is 11.6 Å². The molecule has 4 heteroatoms. The molecule has 1 heterocycles. The van der Waals surface area contributed by atoms with Crippen molar-refractivity contribution in [2.24, 2.45) is 0 Å². The van der Waals surface area contributed by atoms with E-state index >= 15 is 0 Å². The number of carbonyl (C=O) groups is 2. The van der Waals surface area contributed by atoms with Gasteiger partial charge in [-0.3, -0.25) is 9.59 Å². The maximum atomic E-state index is 11.3. The molecular formula is C11H10ClNO2. The van der Waals surface area contributed by atoms with E-state index in [0.717, 1.165) is 5.56 Å². The van der Waals surface area contributed by atoms with E-state index in [0.29, 0.717) is 11.4 Å². The molecule has 0 saturated carbocycles. The number of carbonyl (C=O) groups excluding carboxylic acids is 2. The number of Topliss-reactive ketones (excluding diaryl/α,β-unsaturated/α-hetero) is 1. The maximum Gasteiger partial charge on any atom is 0.227 e. The van der Waals surface area contributed by atoms with E-state index in [4.69, 9.17) is 11.6 Å². The second kappa shape index (κ2) is 4.03. The Hall–Kier alpha value is -1.35. The molecule has 1 aromatic rings. The minimum Gasteiger partial charge on any atom is -0.348 e. The standard InChI is InChI=1S/C11H10ClNO2/c12-9-4-2-1-3-8(9)10-5-7(14)6-11(15)13-10/h1-4,10H,5-6H2,(H,13,15). The van der Waals surface area contributed by atoms with E-state index in [1.54, 1.807) is 6.07 Å². The van der Waals surface area contributed by atoms with Gasteiger partial charge in [-0.1, -0.05) is 29.8 Å². The van der Waals surface area contributed by atoms with Crippen LogP contribution in [0.2, 0.25) is 5.02 Å². The Morgan fingerprint density at radius 2 is 2.00 bits per heavy atom. The molecule has 15 heavy (non-hydrogen) atoms. The van der Waals surface area contributed by atoms with Crippen LogP contribution in [-0.4, -0.2) is 11.7 Å². The Labute approximate surface area is 92.4 Å². The molecule has 0 bridgehead atoms. The lowest BCUT2D eigenvalue weighted by Crippen LogP contribution is -2.37. The first-order chi connectivity index (χ1) is 7.16. The van der Waals surface area contributed by atoms with E-state index < -0.39 is 0 Å². The number of benzene rings is 1. The van der Waals surface area contributed by atoms with Crippen LogP contribution in [0.4, 0.5) is 0 Å². The molecule has 1 aliphatic rings. The van der Waals surface area contributed by atoms with E-state index in [9.17, 15) is 9.59 Å². The Kier molecular flexibility index (Phi) is 2.73. The van der Waals surface area contributed by atoms with Crippen LogP contribution in [-0.2, 0) is 9.59 Å². The van der Waals surface area contributed by atoms with Crippen molar-refractivity contribution in [1.29, 1.82) is 0 Å². The summed E-state index contributed by atoms with van der Waals surface area (Å²) in [7, 11) is 0. The molecule has 0 spiro atoms. The van der Waals surface area contributed by atoms with Crippen molar-refractivity contribution in [2.75, 3.05) is 0 Å². The second-order valence-corrected chi connectivity index (χ2v) is 3.97. The first-order valence-electron chi connectivity index (χ1n) is 4.72. The highest BCUT2D eigenvalue weighted by Crippen LogP contribution is 2.27. The van der Waals surface area contributed by atoms with Gasteiger partial charge in [-0.15, -0.1) is 0 Å². The summed E-state index contributed by atoms with van der Waals surface area (Å²) >= 11 is 5.99. The maximum absolute atomic E-state index is 11.3. The van der Waals surface area contributed by atoms with Gasteiger partial charge in [-0.2, -0.15) is 0 Å². The van der Waals surface area contributed by atoms with E-state index in [-0.39, 0.29) is 24.2 Å². The average Bonchev–Trinajstić information content (AvgIpc) is 2.16. The van der Waals surface area contributed by atoms with Crippen LogP contribution >= 0.6 is 11.6 Å². The Bertz CT molecular complexity index is 401. The van der Waals surface area contributed by atoms with Crippen molar-refractivity contribution in [3.8, 4) is 0 Å². The summed E-state index contributed by atoms with van der Waals surface area (Å²) in [5.74, 6) is -0.264. The van der Waals surface area contributed by atoms with Gasteiger partial charge in [-0.25, -0.2) is 0 Å². The minimum atomic E-state index is -0.271. The van der Waals surface area contributed by atoms with Crippen LogP contribution in [0.5, 0.6) is 0 Å². The summed E-state index contributed by atoms with van der Waals surface area (Å²) in [5.41, 5.74) is 0.806. The summed E-state index contributed by atoms with van der Waals surface area (Å²) in [6, 6.07) is 6.96. The molecule has 1 N–H and O–H groups in total. The largest absolute Gasteiger partial charge is 0.348 e. The molecular weight excluding hydrogens is 214 g/mol. The highest BCUT2D eigenvalue weighted by Gasteiger charge is 2.26. The van der Waals surface area contributed by atoms with Gasteiger partial charge < -0.3 is 5.32 Å². The van der Waals surface area contributed by atoms with E-state index in [1.807, 2.05) is 18.2 Å². The fraction of sp³-hybridized carbons (Fsp3) is 0.273. The summed E-state index contributed by atoms with van der Waals surface area (Å²) in [5, 5.41) is 3.34. The number of rotatable bonds is 1. The van der Waals surface area contributed by atoms with Gasteiger partial charge in [0.15, 0.2) is 0 Å². The molecule has 1 amide bonds. The molecule has 1 unspecified atom stereocenters. The van der Waals surface area contributed by atoms with Gasteiger partial charge in [0.05, 0.1) is 12.5 Å². The summed E-state index contributed by atoms with van der Waals surface area (Å²) in [6.07, 6.45) is 0.316. The van der Waals surface area contributed by atoms with Crippen LogP contribution in [0.3, 0.4) is 0 Å². The second-order valence-electron chi connectivity index (χ2n) is 3.56. The third-order valence-corrected chi connectivity index (χ3v) is 2.75. The van der Waals surface area contributed by atoms with Crippen LogP contribution in [0.25, 0.3) is 0 Å². The predicted molar refractivity (Wildman–Crippen MR) is 56.6 cm³/mol. The minimum absolute atomic E-state index is 0.0129. The molecule has 2 rings (SSSR count). The van der Waals surface area contributed by atoms with Crippen LogP contribution in [0.15, 0.2) is 24.3 Å². The molecule has 1 saturated heterocycles. The molecule has 78 valence electrons. The smallest absolute Gasteiger partial charge is 0.227 e. The predicted octanol–water partition coefficient (Wildman–Crippen LogP) is 1.86. The van der Waals surface area contributed by atoms with Crippen LogP contribution in [0, 0.1) is 0 Å². The van der Waals surface area contributed by atoms with Crippen LogP contribution in [0.1, 0.15) is 24.4 Å². The molecule has 3 nitrogen and oxygen atoms in total. The lowest BCUT2D eigenvalue weighted by Gasteiger charge is -2.23. The van der Waals surface area contributed by atoms with Gasteiger partial charge in [0, 0.05) is 11.4 Å². The summed E-state index contributed by atoms with van der Waals surface area (Å²) in [4.78, 5) is 22.5. The van der Waals surface area contributed by atoms with Gasteiger partial charge in [0.2, 0.25) is 5.91 Å². The number of nitrogens with one attached hydrogen (secondary N) is 1. The first-order valence-corrected chi connectivity index (χ1v) is 5.10. The van der Waals surface area contributed by atoms with Crippen molar-refractivity contribution in [3.63, 3.8) is 0 Å². The number of halogens is 1. The Balaban J connectivity index is 2.27. The first kappa shape index (κ1) is 10.2. The lowest BCUT2D eigenvalue weighted by atomic mass is 9.96. The van der Waals surface area contributed by atoms with Crippen molar-refractivity contribution in [3.05, 3.63) is 34.9 Å². The fourth-order valence-corrected chi connectivity index (χ4v) is 1.99. The molecule has 1 aromatic carbocycles. The zero-order valence-corrected chi connectivity index (χ0v) is 8.75. The molecule has 1 aliphatic heterocycles. The third kappa shape index (κ3) is 2.18. The van der Waals surface area contributed by atoms with Crippen molar-refractivity contribution >= 4 is 23.3 Å². The molecule has 0 aliphatic carbocycles. The zero-order valence-electron chi connectivity index (χ0n) is 8.00. The number of piperidine rings is 1. The lowest BCUT2D eigenvalue weighted by molar-refractivity contribution is -0.132. The highest BCUT2D eigenvalue weighted by atomic mass is 35.5. The van der Waals surface area contributed by atoms with Crippen molar-refractivity contribution in [2.45, 2.75) is 18.9 Å². The Morgan fingerprint density at radius 1 is 1.27 bits per heavy atom. The van der Waals surface area contributed by atoms with Gasteiger partial charge in [0.1, 0.15) is 5.78 Å². The third-order valence-electron chi connectivity index (χ3n) is 2.41. The van der Waals surface area contributed by atoms with E-state index in [2.05, 4.69) is 5.32 Å². The number of ketones is 1.